The highest BCUT2D eigenvalue weighted by atomic mass is 16.5. The van der Waals surface area contributed by atoms with Gasteiger partial charge in [-0.1, -0.05) is 12.1 Å². The van der Waals surface area contributed by atoms with Gasteiger partial charge in [-0.25, -0.2) is 4.79 Å². The molecule has 1 aromatic carbocycles. The topological polar surface area (TPSA) is 72.8 Å². The number of pyridine rings is 1. The lowest BCUT2D eigenvalue weighted by Crippen LogP contribution is -2.52. The predicted molar refractivity (Wildman–Crippen MR) is 110 cm³/mol. The number of rotatable bonds is 5. The van der Waals surface area contributed by atoms with Gasteiger partial charge >= 0.3 is 6.03 Å². The van der Waals surface area contributed by atoms with Gasteiger partial charge in [-0.2, -0.15) is 0 Å². The quantitative estimate of drug-likeness (QED) is 0.840. The van der Waals surface area contributed by atoms with E-state index in [9.17, 15) is 9.59 Å². The molecule has 29 heavy (non-hydrogen) atoms. The summed E-state index contributed by atoms with van der Waals surface area (Å²) in [5.74, 6) is 1.94. The van der Waals surface area contributed by atoms with Crippen LogP contribution in [0, 0.1) is 5.92 Å². The minimum Gasteiger partial charge on any atom is -0.493 e. The molecule has 0 saturated carbocycles. The van der Waals surface area contributed by atoms with Crippen LogP contribution in [0.3, 0.4) is 0 Å². The van der Waals surface area contributed by atoms with Crippen molar-refractivity contribution in [1.29, 1.82) is 0 Å². The maximum Gasteiger partial charge on any atom is 0.317 e. The van der Waals surface area contributed by atoms with Gasteiger partial charge in [0, 0.05) is 43.9 Å². The molecule has 154 valence electrons. The van der Waals surface area contributed by atoms with Crippen LogP contribution in [0.2, 0.25) is 0 Å². The van der Waals surface area contributed by atoms with E-state index < -0.39 is 0 Å². The third kappa shape index (κ3) is 3.95. The van der Waals surface area contributed by atoms with Crippen molar-refractivity contribution in [3.8, 4) is 11.5 Å². The zero-order valence-corrected chi connectivity index (χ0v) is 16.9. The number of benzene rings is 1. The summed E-state index contributed by atoms with van der Waals surface area (Å²) in [6, 6.07) is 11.2. The Morgan fingerprint density at radius 2 is 1.93 bits per heavy atom. The first-order chi connectivity index (χ1) is 14.1. The molecule has 2 amide bonds. The number of nitrogens with one attached hydrogen (secondary N) is 1. The number of ether oxygens (including phenoxy) is 2. The van der Waals surface area contributed by atoms with Crippen LogP contribution in [0.4, 0.5) is 4.79 Å². The molecule has 1 saturated heterocycles. The minimum absolute atomic E-state index is 0.0353. The summed E-state index contributed by atoms with van der Waals surface area (Å²) >= 11 is 0. The Bertz CT molecular complexity index is 955. The maximum absolute atomic E-state index is 12.7. The van der Waals surface area contributed by atoms with Crippen LogP contribution in [0.1, 0.15) is 23.6 Å². The number of hydrogen-bond donors (Lipinski definition) is 1. The van der Waals surface area contributed by atoms with Crippen LogP contribution >= 0.6 is 0 Å². The summed E-state index contributed by atoms with van der Waals surface area (Å²) in [7, 11) is 3.23. The average Bonchev–Trinajstić information content (AvgIpc) is 2.74. The monoisotopic (exact) mass is 397 g/mol. The number of hydrogen-bond acceptors (Lipinski definition) is 4. The summed E-state index contributed by atoms with van der Waals surface area (Å²) < 4.78 is 12.5. The van der Waals surface area contributed by atoms with E-state index in [1.54, 1.807) is 20.3 Å². The fraction of sp³-hybridized carbons (Fsp3) is 0.455. The summed E-state index contributed by atoms with van der Waals surface area (Å²) in [5.41, 5.74) is 2.19. The SMILES string of the molecule is COc1ccc(CCNC(=O)N2C[C@@H]3C[C@@H](C2)c2cccc(=O)n2C3)cc1OC. The number of amides is 2. The van der Waals surface area contributed by atoms with Gasteiger partial charge in [-0.05, 0) is 42.5 Å². The third-order valence-corrected chi connectivity index (χ3v) is 5.90. The smallest absolute Gasteiger partial charge is 0.317 e. The van der Waals surface area contributed by atoms with Crippen molar-refractivity contribution < 1.29 is 14.3 Å². The molecule has 2 aliphatic rings. The van der Waals surface area contributed by atoms with E-state index in [-0.39, 0.29) is 17.5 Å². The molecule has 2 aliphatic heterocycles. The molecular weight excluding hydrogens is 370 g/mol. The van der Waals surface area contributed by atoms with Crippen LogP contribution in [0.25, 0.3) is 0 Å². The molecule has 0 unspecified atom stereocenters. The van der Waals surface area contributed by atoms with Crippen LogP contribution in [-0.4, -0.2) is 49.4 Å². The fourth-order valence-electron chi connectivity index (χ4n) is 4.52. The van der Waals surface area contributed by atoms with Gasteiger partial charge in [0.1, 0.15) is 0 Å². The van der Waals surface area contributed by atoms with Crippen molar-refractivity contribution in [2.24, 2.45) is 5.92 Å². The van der Waals surface area contributed by atoms with Crippen molar-refractivity contribution >= 4 is 6.03 Å². The van der Waals surface area contributed by atoms with Gasteiger partial charge in [-0.15, -0.1) is 0 Å². The number of nitrogens with zero attached hydrogens (tertiary/aromatic N) is 2. The van der Waals surface area contributed by atoms with Crippen molar-refractivity contribution in [1.82, 2.24) is 14.8 Å². The molecular formula is C22H27N3O4. The van der Waals surface area contributed by atoms with E-state index >= 15 is 0 Å². The number of carbonyl (C=O) groups is 1. The summed E-state index contributed by atoms with van der Waals surface area (Å²) in [6.07, 6.45) is 1.75. The number of aromatic nitrogens is 1. The second kappa shape index (κ2) is 8.19. The zero-order chi connectivity index (χ0) is 20.4. The highest BCUT2D eigenvalue weighted by Crippen LogP contribution is 2.34. The number of fused-ring (bicyclic) bond motifs is 4. The van der Waals surface area contributed by atoms with E-state index in [2.05, 4.69) is 5.32 Å². The van der Waals surface area contributed by atoms with Crippen LogP contribution in [0.5, 0.6) is 11.5 Å². The molecule has 2 aromatic rings. The minimum atomic E-state index is -0.0353. The molecule has 0 aliphatic carbocycles. The van der Waals surface area contributed by atoms with Crippen LogP contribution in [-0.2, 0) is 13.0 Å². The second-order valence-electron chi connectivity index (χ2n) is 7.77. The first kappa shape index (κ1) is 19.4. The van der Waals surface area contributed by atoms with E-state index in [1.165, 1.54) is 0 Å². The van der Waals surface area contributed by atoms with Crippen molar-refractivity contribution in [3.05, 3.63) is 58.0 Å². The number of piperidine rings is 1. The van der Waals surface area contributed by atoms with Gasteiger partial charge in [0.2, 0.25) is 0 Å². The first-order valence-corrected chi connectivity index (χ1v) is 10.0. The normalized spacial score (nSPS) is 20.0. The van der Waals surface area contributed by atoms with E-state index in [0.717, 1.165) is 17.7 Å². The number of urea groups is 1. The lowest BCUT2D eigenvalue weighted by atomic mass is 9.83. The average molecular weight is 397 g/mol. The molecule has 1 aromatic heterocycles. The molecule has 4 rings (SSSR count). The molecule has 0 spiro atoms. The second-order valence-corrected chi connectivity index (χ2v) is 7.77. The Labute approximate surface area is 170 Å². The van der Waals surface area contributed by atoms with E-state index in [0.29, 0.717) is 50.0 Å². The van der Waals surface area contributed by atoms with Gasteiger partial charge in [-0.3, -0.25) is 4.79 Å². The molecule has 3 heterocycles. The molecule has 1 fully saturated rings. The largest absolute Gasteiger partial charge is 0.493 e. The number of carbonyl (C=O) groups excluding carboxylic acids is 1. The fourth-order valence-corrected chi connectivity index (χ4v) is 4.52. The van der Waals surface area contributed by atoms with Crippen LogP contribution < -0.4 is 20.3 Å². The molecule has 7 heteroatoms. The third-order valence-electron chi connectivity index (χ3n) is 5.90. The highest BCUT2D eigenvalue weighted by Gasteiger charge is 2.36. The number of likely N-dealkylation sites (tertiary alicyclic amines) is 1. The van der Waals surface area contributed by atoms with Gasteiger partial charge in [0.25, 0.3) is 5.56 Å². The highest BCUT2D eigenvalue weighted by molar-refractivity contribution is 5.74. The zero-order valence-electron chi connectivity index (χ0n) is 16.9. The van der Waals surface area contributed by atoms with Crippen molar-refractivity contribution in [3.63, 3.8) is 0 Å². The van der Waals surface area contributed by atoms with Gasteiger partial charge in [0.05, 0.1) is 14.2 Å². The van der Waals surface area contributed by atoms with Crippen LogP contribution in [0.15, 0.2) is 41.2 Å². The lowest BCUT2D eigenvalue weighted by Gasteiger charge is -2.42. The Morgan fingerprint density at radius 3 is 2.72 bits per heavy atom. The molecule has 2 atom stereocenters. The molecule has 0 radical (unpaired) electrons. The standard InChI is InChI=1S/C22H27N3O4/c1-28-19-7-6-15(11-20(19)29-2)8-9-23-22(27)24-12-16-10-17(14-24)18-4-3-5-21(26)25(18)13-16/h3-7,11,16-17H,8-10,12-14H2,1-2H3,(H,23,27)/t16-,17-/m0/s1. The van der Waals surface area contributed by atoms with Crippen molar-refractivity contribution in [2.75, 3.05) is 33.9 Å². The number of methoxy groups -OCH3 is 2. The Morgan fingerprint density at radius 1 is 1.10 bits per heavy atom. The molecule has 7 nitrogen and oxygen atoms in total. The summed E-state index contributed by atoms with van der Waals surface area (Å²) in [5, 5.41) is 3.04. The summed E-state index contributed by atoms with van der Waals surface area (Å²) in [6.45, 7) is 2.60. The predicted octanol–water partition coefficient (Wildman–Crippen LogP) is 2.24. The Kier molecular flexibility index (Phi) is 5.47. The Hall–Kier alpha value is -2.96. The maximum atomic E-state index is 12.7. The van der Waals surface area contributed by atoms with Crippen molar-refractivity contribution in [2.45, 2.75) is 25.3 Å². The Balaban J connectivity index is 1.35. The first-order valence-electron chi connectivity index (χ1n) is 10.0. The molecule has 2 bridgehead atoms. The lowest BCUT2D eigenvalue weighted by molar-refractivity contribution is 0.131. The van der Waals surface area contributed by atoms with Gasteiger partial charge in [0.15, 0.2) is 11.5 Å². The van der Waals surface area contributed by atoms with E-state index in [4.69, 9.17) is 9.47 Å². The van der Waals surface area contributed by atoms with E-state index in [1.807, 2.05) is 39.8 Å². The summed E-state index contributed by atoms with van der Waals surface area (Å²) in [4.78, 5) is 26.7. The van der Waals surface area contributed by atoms with Gasteiger partial charge < -0.3 is 24.3 Å². The molecule has 1 N–H and O–H groups in total.